The van der Waals surface area contributed by atoms with E-state index in [1.165, 1.54) is 17.8 Å². The lowest BCUT2D eigenvalue weighted by atomic mass is 10.1. The number of carbonyl (C=O) groups is 1. The molecule has 5 nitrogen and oxygen atoms in total. The highest BCUT2D eigenvalue weighted by Gasteiger charge is 2.24. The van der Waals surface area contributed by atoms with Crippen LogP contribution in [-0.2, 0) is 10.0 Å². The maximum Gasteiger partial charge on any atom is 0.261 e. The van der Waals surface area contributed by atoms with E-state index in [1.54, 1.807) is 30.3 Å². The highest BCUT2D eigenvalue weighted by atomic mass is 79.9. The smallest absolute Gasteiger partial charge is 0.261 e. The van der Waals surface area contributed by atoms with E-state index in [-0.39, 0.29) is 10.8 Å². The lowest BCUT2D eigenvalue weighted by Crippen LogP contribution is -2.36. The Balaban J connectivity index is 1.92. The van der Waals surface area contributed by atoms with Crippen LogP contribution in [0.5, 0.6) is 0 Å². The lowest BCUT2D eigenvalue weighted by Gasteiger charge is -2.27. The second-order valence-electron chi connectivity index (χ2n) is 6.33. The summed E-state index contributed by atoms with van der Waals surface area (Å²) in [5.41, 5.74) is 0.906. The van der Waals surface area contributed by atoms with Crippen LogP contribution in [0, 0.1) is 0 Å². The van der Waals surface area contributed by atoms with Gasteiger partial charge in [-0.15, -0.1) is 11.8 Å². The molecule has 0 aromatic heterocycles. The summed E-state index contributed by atoms with van der Waals surface area (Å²) in [6.07, 6.45) is 4.99. The molecular formula is C19H21BrN2O3S2. The van der Waals surface area contributed by atoms with Gasteiger partial charge in [0.1, 0.15) is 0 Å². The van der Waals surface area contributed by atoms with Crippen LogP contribution in [0.3, 0.4) is 0 Å². The third-order valence-corrected chi connectivity index (χ3v) is 7.10. The van der Waals surface area contributed by atoms with E-state index in [2.05, 4.69) is 20.7 Å². The van der Waals surface area contributed by atoms with Crippen molar-refractivity contribution < 1.29 is 13.2 Å². The van der Waals surface area contributed by atoms with Gasteiger partial charge in [0.05, 0.1) is 10.5 Å². The summed E-state index contributed by atoms with van der Waals surface area (Å²) >= 11 is 4.78. The van der Waals surface area contributed by atoms with Gasteiger partial charge in [-0.25, -0.2) is 8.42 Å². The van der Waals surface area contributed by atoms with Crippen LogP contribution < -0.4 is 4.72 Å². The minimum Gasteiger partial charge on any atom is -0.339 e. The number of likely N-dealkylation sites (tertiary alicyclic amines) is 1. The average molecular weight is 469 g/mol. The number of benzene rings is 2. The minimum atomic E-state index is -3.79. The Bertz CT molecular complexity index is 942. The van der Waals surface area contributed by atoms with Crippen molar-refractivity contribution in [3.05, 3.63) is 52.5 Å². The molecule has 1 saturated heterocycles. The fourth-order valence-corrected chi connectivity index (χ4v) is 5.10. The number of halogens is 1. The van der Waals surface area contributed by atoms with Crippen LogP contribution in [0.1, 0.15) is 29.6 Å². The van der Waals surface area contributed by atoms with Gasteiger partial charge in [-0.2, -0.15) is 0 Å². The molecule has 0 bridgehead atoms. The summed E-state index contributed by atoms with van der Waals surface area (Å²) in [5, 5.41) is 0. The van der Waals surface area contributed by atoms with Gasteiger partial charge in [-0.05, 0) is 61.9 Å². The highest BCUT2D eigenvalue weighted by Crippen LogP contribution is 2.27. The molecule has 0 atom stereocenters. The van der Waals surface area contributed by atoms with Crippen molar-refractivity contribution in [2.24, 2.45) is 0 Å². The summed E-state index contributed by atoms with van der Waals surface area (Å²) < 4.78 is 29.0. The summed E-state index contributed by atoms with van der Waals surface area (Å²) in [5.74, 6) is -0.0986. The summed E-state index contributed by atoms with van der Waals surface area (Å²) in [6, 6.07) is 11.7. The second kappa shape index (κ2) is 8.67. The molecule has 1 heterocycles. The van der Waals surface area contributed by atoms with Gasteiger partial charge in [-0.1, -0.05) is 22.0 Å². The number of nitrogens with zero attached hydrogens (tertiary/aromatic N) is 1. The molecule has 2 aromatic rings. The van der Waals surface area contributed by atoms with E-state index in [0.29, 0.717) is 11.3 Å². The topological polar surface area (TPSA) is 66.5 Å². The maximum atomic E-state index is 13.0. The number of hydrogen-bond donors (Lipinski definition) is 1. The van der Waals surface area contributed by atoms with Gasteiger partial charge < -0.3 is 4.90 Å². The van der Waals surface area contributed by atoms with E-state index in [4.69, 9.17) is 0 Å². The number of thioether (sulfide) groups is 1. The van der Waals surface area contributed by atoms with Gasteiger partial charge in [0.15, 0.2) is 0 Å². The molecule has 0 aliphatic carbocycles. The predicted molar refractivity (Wildman–Crippen MR) is 113 cm³/mol. The van der Waals surface area contributed by atoms with Crippen molar-refractivity contribution in [2.45, 2.75) is 29.1 Å². The molecule has 0 saturated carbocycles. The highest BCUT2D eigenvalue weighted by molar-refractivity contribution is 9.10. The first-order valence-corrected chi connectivity index (χ1v) is 12.2. The molecule has 1 amide bonds. The predicted octanol–water partition coefficient (Wildman–Crippen LogP) is 4.60. The van der Waals surface area contributed by atoms with Crippen molar-refractivity contribution in [1.82, 2.24) is 4.90 Å². The van der Waals surface area contributed by atoms with Crippen LogP contribution in [0.25, 0.3) is 0 Å². The average Bonchev–Trinajstić information content (AvgIpc) is 2.67. The van der Waals surface area contributed by atoms with Crippen molar-refractivity contribution in [3.8, 4) is 0 Å². The van der Waals surface area contributed by atoms with Crippen LogP contribution in [0.4, 0.5) is 5.69 Å². The number of piperidine rings is 1. The largest absolute Gasteiger partial charge is 0.339 e. The van der Waals surface area contributed by atoms with Crippen molar-refractivity contribution in [3.63, 3.8) is 0 Å². The quantitative estimate of drug-likeness (QED) is 0.651. The number of amides is 1. The molecule has 0 unspecified atom stereocenters. The van der Waals surface area contributed by atoms with Crippen LogP contribution in [0.2, 0.25) is 0 Å². The number of sulfonamides is 1. The molecule has 27 heavy (non-hydrogen) atoms. The number of rotatable bonds is 5. The third kappa shape index (κ3) is 4.86. The Hall–Kier alpha value is -1.51. The third-order valence-electron chi connectivity index (χ3n) is 4.43. The second-order valence-corrected chi connectivity index (χ2v) is 9.78. The van der Waals surface area contributed by atoms with Gasteiger partial charge >= 0.3 is 0 Å². The number of nitrogens with one attached hydrogen (secondary N) is 1. The van der Waals surface area contributed by atoms with E-state index < -0.39 is 10.0 Å². The monoisotopic (exact) mass is 468 g/mol. The summed E-state index contributed by atoms with van der Waals surface area (Å²) in [4.78, 5) is 15.6. The van der Waals surface area contributed by atoms with Crippen LogP contribution >= 0.6 is 27.7 Å². The van der Waals surface area contributed by atoms with E-state index in [9.17, 15) is 13.2 Å². The van der Waals surface area contributed by atoms with Crippen molar-refractivity contribution in [1.29, 1.82) is 0 Å². The van der Waals surface area contributed by atoms with Crippen molar-refractivity contribution >= 4 is 49.3 Å². The fraction of sp³-hybridized carbons (Fsp3) is 0.316. The first-order valence-electron chi connectivity index (χ1n) is 8.66. The van der Waals surface area contributed by atoms with E-state index in [0.717, 1.165) is 41.7 Å². The maximum absolute atomic E-state index is 13.0. The Morgan fingerprint density at radius 1 is 1.11 bits per heavy atom. The molecule has 144 valence electrons. The number of hydrogen-bond acceptors (Lipinski definition) is 4. The Morgan fingerprint density at radius 2 is 1.85 bits per heavy atom. The zero-order chi connectivity index (χ0) is 19.4. The molecule has 1 fully saturated rings. The molecule has 2 aromatic carbocycles. The zero-order valence-corrected chi connectivity index (χ0v) is 18.2. The van der Waals surface area contributed by atoms with Gasteiger partial charge in [0.25, 0.3) is 15.9 Å². The SMILES string of the molecule is CSc1ccc(S(=O)(=O)Nc2cccc(Br)c2)cc1C(=O)N1CCCCC1. The summed E-state index contributed by atoms with van der Waals surface area (Å²) in [6.45, 7) is 1.44. The lowest BCUT2D eigenvalue weighted by molar-refractivity contribution is 0.0720. The Morgan fingerprint density at radius 3 is 2.52 bits per heavy atom. The first-order chi connectivity index (χ1) is 12.9. The fourth-order valence-electron chi connectivity index (χ4n) is 3.05. The standard InChI is InChI=1S/C19H21BrN2O3S2/c1-26-18-9-8-16(13-17(18)19(23)22-10-3-2-4-11-22)27(24,25)21-15-7-5-6-14(20)12-15/h5-9,12-13,21H,2-4,10-11H2,1H3. The van der Waals surface area contributed by atoms with Gasteiger partial charge in [0, 0.05) is 28.1 Å². The van der Waals surface area contributed by atoms with Crippen LogP contribution in [-0.4, -0.2) is 38.6 Å². The van der Waals surface area contributed by atoms with E-state index in [1.807, 2.05) is 17.2 Å². The van der Waals surface area contributed by atoms with Gasteiger partial charge in [0.2, 0.25) is 0 Å². The van der Waals surface area contributed by atoms with Crippen LogP contribution in [0.15, 0.2) is 56.7 Å². The first kappa shape index (κ1) is 20.2. The Kier molecular flexibility index (Phi) is 6.49. The molecule has 0 radical (unpaired) electrons. The number of carbonyl (C=O) groups excluding carboxylic acids is 1. The molecule has 3 rings (SSSR count). The zero-order valence-electron chi connectivity index (χ0n) is 14.9. The normalized spacial score (nSPS) is 14.8. The minimum absolute atomic E-state index is 0.0839. The summed E-state index contributed by atoms with van der Waals surface area (Å²) in [7, 11) is -3.79. The molecule has 0 spiro atoms. The molecule has 1 N–H and O–H groups in total. The van der Waals surface area contributed by atoms with E-state index >= 15 is 0 Å². The molecule has 1 aliphatic rings. The number of anilines is 1. The van der Waals surface area contributed by atoms with Gasteiger partial charge in [-0.3, -0.25) is 9.52 Å². The van der Waals surface area contributed by atoms with Crippen molar-refractivity contribution in [2.75, 3.05) is 24.1 Å². The Labute approximate surface area is 172 Å². The molecule has 1 aliphatic heterocycles. The molecular weight excluding hydrogens is 448 g/mol. The molecule has 8 heteroatoms.